The lowest BCUT2D eigenvalue weighted by Crippen LogP contribution is -2.16. The van der Waals surface area contributed by atoms with Crippen molar-refractivity contribution < 1.29 is 23.0 Å². The number of aromatic nitrogens is 2. The second-order valence-corrected chi connectivity index (χ2v) is 2.97. The maximum Gasteiger partial charge on any atom is 0.488 e. The predicted octanol–water partition coefficient (Wildman–Crippen LogP) is 1.37. The fourth-order valence-electron chi connectivity index (χ4n) is 0.905. The molecule has 8 heteroatoms. The zero-order valence-electron chi connectivity index (χ0n) is 7.83. The van der Waals surface area contributed by atoms with Crippen LogP contribution in [0, 0.1) is 0 Å². The topological polar surface area (TPSA) is 53.4 Å². The average molecular weight is 241 g/mol. The number of ether oxygens (including phenoxy) is 2. The largest absolute Gasteiger partial charge is 0.488 e. The van der Waals surface area contributed by atoms with E-state index < -0.39 is 17.4 Å². The highest BCUT2D eigenvalue weighted by atomic mass is 35.5. The molecule has 0 radical (unpaired) electrons. The van der Waals surface area contributed by atoms with Crippen molar-refractivity contribution in [2.45, 2.75) is 5.57 Å². The number of methoxy groups -OCH3 is 1. The Balaban J connectivity index is 2.91. The van der Waals surface area contributed by atoms with Gasteiger partial charge in [-0.25, -0.2) is 4.79 Å². The second-order valence-electron chi connectivity index (χ2n) is 2.53. The quantitative estimate of drug-likeness (QED) is 0.592. The number of carbonyl (C=O) groups excluding carboxylic acids is 1. The van der Waals surface area contributed by atoms with Crippen molar-refractivity contribution in [3.05, 3.63) is 11.8 Å². The molecule has 1 heterocycles. The molecule has 0 aliphatic rings. The fourth-order valence-corrected chi connectivity index (χ4v) is 0.984. The van der Waals surface area contributed by atoms with E-state index in [4.69, 9.17) is 0 Å². The maximum atomic E-state index is 12.2. The van der Waals surface area contributed by atoms with Crippen molar-refractivity contribution in [2.24, 2.45) is 7.05 Å². The summed E-state index contributed by atoms with van der Waals surface area (Å²) in [5, 5.41) is 3.49. The third kappa shape index (κ3) is 3.05. The second kappa shape index (κ2) is 4.01. The van der Waals surface area contributed by atoms with Crippen molar-refractivity contribution in [3.63, 3.8) is 0 Å². The minimum atomic E-state index is -3.86. The number of rotatable bonds is 3. The number of hydrogen-bond acceptors (Lipinski definition) is 4. The van der Waals surface area contributed by atoms with Gasteiger partial charge >= 0.3 is 11.5 Å². The molecule has 0 aliphatic heterocycles. The number of esters is 1. The molecule has 5 nitrogen and oxygen atoms in total. The van der Waals surface area contributed by atoms with Gasteiger partial charge in [0.2, 0.25) is 5.88 Å². The number of alkyl halides is 3. The van der Waals surface area contributed by atoms with Crippen LogP contribution in [0.4, 0.5) is 8.78 Å². The highest BCUT2D eigenvalue weighted by molar-refractivity contribution is 6.20. The lowest BCUT2D eigenvalue weighted by Gasteiger charge is -2.05. The number of hydrogen-bond donors (Lipinski definition) is 0. The summed E-state index contributed by atoms with van der Waals surface area (Å²) in [6, 6.07) is 1.00. The molecule has 0 spiro atoms. The first-order chi connectivity index (χ1) is 6.83. The van der Waals surface area contributed by atoms with E-state index in [2.05, 4.69) is 26.2 Å². The van der Waals surface area contributed by atoms with Crippen molar-refractivity contribution in [2.75, 3.05) is 7.11 Å². The van der Waals surface area contributed by atoms with Crippen LogP contribution in [-0.4, -0.2) is 28.4 Å². The summed E-state index contributed by atoms with van der Waals surface area (Å²) < 4.78 is 33.8. The van der Waals surface area contributed by atoms with Gasteiger partial charge in [0.15, 0.2) is 0 Å². The molecule has 0 aliphatic carbocycles. The molecule has 0 amide bonds. The van der Waals surface area contributed by atoms with E-state index in [0.717, 1.165) is 17.9 Å². The van der Waals surface area contributed by atoms with E-state index in [-0.39, 0.29) is 5.69 Å². The monoisotopic (exact) mass is 240 g/mol. The molecule has 84 valence electrons. The highest BCUT2D eigenvalue weighted by Gasteiger charge is 2.29. The molecule has 0 aromatic carbocycles. The van der Waals surface area contributed by atoms with Crippen LogP contribution >= 0.6 is 11.6 Å². The lowest BCUT2D eigenvalue weighted by atomic mass is 10.4. The summed E-state index contributed by atoms with van der Waals surface area (Å²) in [4.78, 5) is 11.1. The van der Waals surface area contributed by atoms with Crippen LogP contribution < -0.4 is 4.74 Å². The molecule has 1 aromatic rings. The Hall–Kier alpha value is -1.37. The SMILES string of the molecule is COC(=O)c1cc(OC(F)(F)Cl)nn1C. The zero-order chi connectivity index (χ0) is 11.6. The molecule has 1 aromatic heterocycles. The Morgan fingerprint density at radius 2 is 2.27 bits per heavy atom. The molecule has 0 bridgehead atoms. The van der Waals surface area contributed by atoms with Crippen molar-refractivity contribution in [3.8, 4) is 5.88 Å². The van der Waals surface area contributed by atoms with Crippen LogP contribution in [0.1, 0.15) is 10.5 Å². The molecule has 15 heavy (non-hydrogen) atoms. The smallest absolute Gasteiger partial charge is 0.464 e. The molecule has 0 saturated heterocycles. The predicted molar refractivity (Wildman–Crippen MR) is 46.0 cm³/mol. The molecule has 0 fully saturated rings. The van der Waals surface area contributed by atoms with Crippen LogP contribution in [0.2, 0.25) is 0 Å². The lowest BCUT2D eigenvalue weighted by molar-refractivity contribution is -0.0993. The number of carbonyl (C=O) groups is 1. The van der Waals surface area contributed by atoms with Crippen molar-refractivity contribution in [1.82, 2.24) is 9.78 Å². The summed E-state index contributed by atoms with van der Waals surface area (Å²) >= 11 is 4.52. The minimum Gasteiger partial charge on any atom is -0.464 e. The third-order valence-corrected chi connectivity index (χ3v) is 1.55. The molecule has 0 saturated carbocycles. The molecule has 1 rings (SSSR count). The maximum absolute atomic E-state index is 12.2. The van der Waals surface area contributed by atoms with Crippen molar-refractivity contribution in [1.29, 1.82) is 0 Å². The summed E-state index contributed by atoms with van der Waals surface area (Å²) in [6.07, 6.45) is 0. The number of aryl methyl sites for hydroxylation is 1. The van der Waals surface area contributed by atoms with Gasteiger partial charge in [0.1, 0.15) is 5.69 Å². The molecule has 0 atom stereocenters. The van der Waals surface area contributed by atoms with E-state index >= 15 is 0 Å². The Morgan fingerprint density at radius 3 is 2.73 bits per heavy atom. The van der Waals surface area contributed by atoms with E-state index in [1.54, 1.807) is 0 Å². The summed E-state index contributed by atoms with van der Waals surface area (Å²) in [7, 11) is 2.54. The van der Waals surface area contributed by atoms with Gasteiger partial charge in [0.05, 0.1) is 7.11 Å². The van der Waals surface area contributed by atoms with Gasteiger partial charge in [0, 0.05) is 24.7 Å². The van der Waals surface area contributed by atoms with Gasteiger partial charge in [-0.2, -0.15) is 0 Å². The minimum absolute atomic E-state index is 0.0200. The first-order valence-electron chi connectivity index (χ1n) is 3.71. The van der Waals surface area contributed by atoms with E-state index in [9.17, 15) is 13.6 Å². The van der Waals surface area contributed by atoms with Gasteiger partial charge < -0.3 is 9.47 Å². The Labute approximate surface area is 88.5 Å². The molecular weight excluding hydrogens is 234 g/mol. The Bertz CT molecular complexity index is 375. The first-order valence-corrected chi connectivity index (χ1v) is 4.09. The van der Waals surface area contributed by atoms with Crippen molar-refractivity contribution >= 4 is 17.6 Å². The van der Waals surface area contributed by atoms with Gasteiger partial charge in [-0.15, -0.1) is 13.9 Å². The van der Waals surface area contributed by atoms with E-state index in [1.807, 2.05) is 0 Å². The summed E-state index contributed by atoms with van der Waals surface area (Å²) in [6.45, 7) is 0. The molecular formula is C7H7ClF2N2O3. The normalized spacial score (nSPS) is 11.3. The molecule has 0 N–H and O–H groups in total. The van der Waals surface area contributed by atoms with Gasteiger partial charge in [-0.1, -0.05) is 0 Å². The van der Waals surface area contributed by atoms with E-state index in [1.165, 1.54) is 7.05 Å². The van der Waals surface area contributed by atoms with Crippen LogP contribution in [0.15, 0.2) is 6.07 Å². The van der Waals surface area contributed by atoms with E-state index in [0.29, 0.717) is 0 Å². The summed E-state index contributed by atoms with van der Waals surface area (Å²) in [5.74, 6) is -1.17. The Kier molecular flexibility index (Phi) is 3.13. The summed E-state index contributed by atoms with van der Waals surface area (Å²) in [5.41, 5.74) is -3.88. The van der Waals surface area contributed by atoms with Crippen LogP contribution in [-0.2, 0) is 11.8 Å². The van der Waals surface area contributed by atoms with Crippen LogP contribution in [0.25, 0.3) is 0 Å². The van der Waals surface area contributed by atoms with Gasteiger partial charge in [-0.3, -0.25) is 4.68 Å². The number of nitrogens with zero attached hydrogens (tertiary/aromatic N) is 2. The highest BCUT2D eigenvalue weighted by Crippen LogP contribution is 2.24. The standard InChI is InChI=1S/C7H7ClF2N2O3/c1-12-4(6(13)14-2)3-5(11-12)15-7(8,9)10/h3H,1-2H3. The Morgan fingerprint density at radius 1 is 1.67 bits per heavy atom. The first kappa shape index (κ1) is 11.7. The van der Waals surface area contributed by atoms with Gasteiger partial charge in [0.25, 0.3) is 0 Å². The average Bonchev–Trinajstić information content (AvgIpc) is 2.42. The number of halogens is 3. The molecule has 0 unspecified atom stereocenters. The van der Waals surface area contributed by atoms with Crippen LogP contribution in [0.5, 0.6) is 5.88 Å². The third-order valence-electron chi connectivity index (χ3n) is 1.47. The fraction of sp³-hybridized carbons (Fsp3) is 0.429. The zero-order valence-corrected chi connectivity index (χ0v) is 8.59. The van der Waals surface area contributed by atoms with Crippen LogP contribution in [0.3, 0.4) is 0 Å². The van der Waals surface area contributed by atoms with Gasteiger partial charge in [-0.05, 0) is 0 Å².